The lowest BCUT2D eigenvalue weighted by molar-refractivity contribution is 1.05. The Kier molecular flexibility index (Phi) is 3.86. The minimum atomic E-state index is 0.617. The number of benzene rings is 1. The molecule has 0 aliphatic carbocycles. The Bertz CT molecular complexity index is 278. The summed E-state index contributed by atoms with van der Waals surface area (Å²) in [6.45, 7) is 6.67. The molecule has 1 heteroatoms. The maximum absolute atomic E-state index is 2.34. The molecule has 1 aromatic carbocycles. The molecule has 1 unspecified atom stereocenters. The zero-order valence-electron chi connectivity index (χ0n) is 8.92. The third kappa shape index (κ3) is 2.50. The maximum atomic E-state index is 2.34. The van der Waals surface area contributed by atoms with Crippen LogP contribution < -0.4 is 0 Å². The number of hydrogen-bond acceptors (Lipinski definition) is 1. The van der Waals surface area contributed by atoms with Crippen LogP contribution in [-0.4, -0.2) is 6.26 Å². The molecule has 0 radical (unpaired) electrons. The van der Waals surface area contributed by atoms with Gasteiger partial charge in [0.1, 0.15) is 0 Å². The van der Waals surface area contributed by atoms with E-state index in [4.69, 9.17) is 0 Å². The van der Waals surface area contributed by atoms with Gasteiger partial charge in [0.15, 0.2) is 0 Å². The van der Waals surface area contributed by atoms with Gasteiger partial charge in [-0.15, -0.1) is 0 Å². The molecule has 1 rings (SSSR count). The lowest BCUT2D eigenvalue weighted by Crippen LogP contribution is -1.93. The molecule has 0 bridgehead atoms. The van der Waals surface area contributed by atoms with Crippen LogP contribution in [0.2, 0.25) is 0 Å². The quantitative estimate of drug-likeness (QED) is 0.701. The number of thioether (sulfide) groups is 1. The summed E-state index contributed by atoms with van der Waals surface area (Å²) in [5.74, 6) is 0. The lowest BCUT2D eigenvalue weighted by Gasteiger charge is -2.13. The molecule has 1 aromatic rings. The summed E-state index contributed by atoms with van der Waals surface area (Å²) in [6.07, 6.45) is 3.30. The summed E-state index contributed by atoms with van der Waals surface area (Å²) in [4.78, 5) is 0. The normalized spacial score (nSPS) is 12.9. The van der Waals surface area contributed by atoms with Crippen molar-refractivity contribution in [1.29, 1.82) is 0 Å². The standard InChI is InChI=1S/C12H18S/c1-5-11-7-6-9(2)12(8-11)10(3)13-4/h6-8,10H,5H2,1-4H3. The van der Waals surface area contributed by atoms with Crippen LogP contribution in [0.4, 0.5) is 0 Å². The molecule has 0 nitrogen and oxygen atoms in total. The largest absolute Gasteiger partial charge is 0.157 e. The van der Waals surface area contributed by atoms with Crippen LogP contribution in [0.25, 0.3) is 0 Å². The fourth-order valence-corrected chi connectivity index (χ4v) is 1.98. The van der Waals surface area contributed by atoms with Gasteiger partial charge in [-0.25, -0.2) is 0 Å². The molecule has 0 saturated heterocycles. The van der Waals surface area contributed by atoms with E-state index in [0.717, 1.165) is 6.42 Å². The summed E-state index contributed by atoms with van der Waals surface area (Å²) in [5, 5.41) is 0.617. The zero-order valence-corrected chi connectivity index (χ0v) is 9.74. The maximum Gasteiger partial charge on any atom is 0.0268 e. The van der Waals surface area contributed by atoms with Crippen molar-refractivity contribution < 1.29 is 0 Å². The average molecular weight is 194 g/mol. The molecule has 72 valence electrons. The van der Waals surface area contributed by atoms with Crippen LogP contribution in [0.3, 0.4) is 0 Å². The van der Waals surface area contributed by atoms with E-state index in [2.05, 4.69) is 45.2 Å². The highest BCUT2D eigenvalue weighted by atomic mass is 32.2. The van der Waals surface area contributed by atoms with Crippen LogP contribution in [0.1, 0.15) is 35.8 Å². The molecular weight excluding hydrogens is 176 g/mol. The van der Waals surface area contributed by atoms with Gasteiger partial charge in [0.25, 0.3) is 0 Å². The van der Waals surface area contributed by atoms with Crippen molar-refractivity contribution in [2.75, 3.05) is 6.26 Å². The van der Waals surface area contributed by atoms with Gasteiger partial charge in [0, 0.05) is 5.25 Å². The van der Waals surface area contributed by atoms with Gasteiger partial charge in [-0.1, -0.05) is 25.1 Å². The monoisotopic (exact) mass is 194 g/mol. The summed E-state index contributed by atoms with van der Waals surface area (Å²) < 4.78 is 0. The van der Waals surface area contributed by atoms with E-state index >= 15 is 0 Å². The van der Waals surface area contributed by atoms with Crippen LogP contribution >= 0.6 is 11.8 Å². The molecule has 0 amide bonds. The molecule has 0 N–H and O–H groups in total. The molecule has 13 heavy (non-hydrogen) atoms. The van der Waals surface area contributed by atoms with Crippen molar-refractivity contribution in [3.63, 3.8) is 0 Å². The molecule has 0 aliphatic rings. The van der Waals surface area contributed by atoms with Crippen molar-refractivity contribution in [3.8, 4) is 0 Å². The number of hydrogen-bond donors (Lipinski definition) is 0. The van der Waals surface area contributed by atoms with E-state index in [1.807, 2.05) is 11.8 Å². The minimum Gasteiger partial charge on any atom is -0.157 e. The molecule has 0 aliphatic heterocycles. The number of aryl methyl sites for hydroxylation is 2. The lowest BCUT2D eigenvalue weighted by atomic mass is 10.0. The van der Waals surface area contributed by atoms with E-state index in [1.165, 1.54) is 16.7 Å². The third-order valence-corrected chi connectivity index (χ3v) is 3.50. The summed E-state index contributed by atoms with van der Waals surface area (Å²) in [7, 11) is 0. The van der Waals surface area contributed by atoms with Crippen LogP contribution in [0, 0.1) is 6.92 Å². The molecule has 0 aromatic heterocycles. The van der Waals surface area contributed by atoms with Gasteiger partial charge in [0.2, 0.25) is 0 Å². The van der Waals surface area contributed by atoms with Crippen LogP contribution in [0.5, 0.6) is 0 Å². The van der Waals surface area contributed by atoms with Crippen LogP contribution in [-0.2, 0) is 6.42 Å². The fourth-order valence-electron chi connectivity index (χ4n) is 1.47. The van der Waals surface area contributed by atoms with E-state index in [9.17, 15) is 0 Å². The van der Waals surface area contributed by atoms with Gasteiger partial charge < -0.3 is 0 Å². The second-order valence-corrected chi connectivity index (χ2v) is 4.60. The van der Waals surface area contributed by atoms with Crippen molar-refractivity contribution >= 4 is 11.8 Å². The second kappa shape index (κ2) is 4.71. The highest BCUT2D eigenvalue weighted by Gasteiger charge is 2.06. The van der Waals surface area contributed by atoms with Gasteiger partial charge in [0.05, 0.1) is 0 Å². The first-order valence-electron chi connectivity index (χ1n) is 4.81. The second-order valence-electron chi connectivity index (χ2n) is 3.42. The van der Waals surface area contributed by atoms with E-state index in [0.29, 0.717) is 5.25 Å². The Balaban J connectivity index is 3.03. The first-order chi connectivity index (χ1) is 6.19. The highest BCUT2D eigenvalue weighted by Crippen LogP contribution is 2.28. The minimum absolute atomic E-state index is 0.617. The first kappa shape index (κ1) is 10.6. The zero-order chi connectivity index (χ0) is 9.84. The molecule has 0 spiro atoms. The van der Waals surface area contributed by atoms with Gasteiger partial charge >= 0.3 is 0 Å². The Labute approximate surface area is 85.7 Å². The first-order valence-corrected chi connectivity index (χ1v) is 6.10. The molecule has 0 saturated carbocycles. The molecule has 0 fully saturated rings. The highest BCUT2D eigenvalue weighted by molar-refractivity contribution is 7.98. The topological polar surface area (TPSA) is 0 Å². The Morgan fingerprint density at radius 3 is 2.62 bits per heavy atom. The summed E-state index contributed by atoms with van der Waals surface area (Å²) in [5.41, 5.74) is 4.35. The van der Waals surface area contributed by atoms with Gasteiger partial charge in [-0.05, 0) is 43.2 Å². The SMILES string of the molecule is CCc1ccc(C)c(C(C)SC)c1. The van der Waals surface area contributed by atoms with Crippen LogP contribution in [0.15, 0.2) is 18.2 Å². The Morgan fingerprint density at radius 1 is 1.38 bits per heavy atom. The van der Waals surface area contributed by atoms with E-state index in [1.54, 1.807) is 0 Å². The van der Waals surface area contributed by atoms with Gasteiger partial charge in [-0.3, -0.25) is 0 Å². The molecule has 0 heterocycles. The predicted molar refractivity (Wildman–Crippen MR) is 62.5 cm³/mol. The Hall–Kier alpha value is -0.430. The summed E-state index contributed by atoms with van der Waals surface area (Å²) in [6, 6.07) is 6.81. The molecule has 1 atom stereocenters. The van der Waals surface area contributed by atoms with E-state index < -0.39 is 0 Å². The average Bonchev–Trinajstić information content (AvgIpc) is 2.17. The van der Waals surface area contributed by atoms with Crippen molar-refractivity contribution in [2.24, 2.45) is 0 Å². The smallest absolute Gasteiger partial charge is 0.0268 e. The Morgan fingerprint density at radius 2 is 2.08 bits per heavy atom. The van der Waals surface area contributed by atoms with Crippen molar-refractivity contribution in [1.82, 2.24) is 0 Å². The van der Waals surface area contributed by atoms with Gasteiger partial charge in [-0.2, -0.15) is 11.8 Å². The van der Waals surface area contributed by atoms with Crippen molar-refractivity contribution in [2.45, 2.75) is 32.4 Å². The summed E-state index contributed by atoms with van der Waals surface area (Å²) >= 11 is 1.91. The predicted octanol–water partition coefficient (Wildman–Crippen LogP) is 3.98. The van der Waals surface area contributed by atoms with Crippen molar-refractivity contribution in [3.05, 3.63) is 34.9 Å². The molecular formula is C12H18S. The number of rotatable bonds is 3. The van der Waals surface area contributed by atoms with E-state index in [-0.39, 0.29) is 0 Å². The third-order valence-electron chi connectivity index (χ3n) is 2.54. The fraction of sp³-hybridized carbons (Fsp3) is 0.500.